The second kappa shape index (κ2) is 7.26. The molecule has 0 N–H and O–H groups in total. The summed E-state index contributed by atoms with van der Waals surface area (Å²) in [6.07, 6.45) is 3.70. The Bertz CT molecular complexity index is 680. The van der Waals surface area contributed by atoms with Gasteiger partial charge in [0.2, 0.25) is 5.91 Å². The zero-order valence-corrected chi connectivity index (χ0v) is 14.7. The summed E-state index contributed by atoms with van der Waals surface area (Å²) in [6, 6.07) is 8.40. The normalized spacial score (nSPS) is 18.2. The Kier molecular flexibility index (Phi) is 5.11. The number of thiazole rings is 1. The van der Waals surface area contributed by atoms with Crippen LogP contribution in [0.4, 0.5) is 0 Å². The topological polar surface area (TPSA) is 33.2 Å². The third-order valence-corrected chi connectivity index (χ3v) is 5.36. The van der Waals surface area contributed by atoms with Crippen molar-refractivity contribution in [1.82, 2.24) is 9.88 Å². The summed E-state index contributed by atoms with van der Waals surface area (Å²) in [5.74, 6) is 0.918. The van der Waals surface area contributed by atoms with Crippen molar-refractivity contribution < 1.29 is 4.79 Å². The van der Waals surface area contributed by atoms with Crippen LogP contribution in [-0.4, -0.2) is 28.9 Å². The number of carbonyl (C=O) groups is 1. The van der Waals surface area contributed by atoms with Gasteiger partial charge in [-0.05, 0) is 38.2 Å². The van der Waals surface area contributed by atoms with E-state index in [0.29, 0.717) is 12.3 Å². The van der Waals surface area contributed by atoms with Gasteiger partial charge in [-0.3, -0.25) is 4.79 Å². The van der Waals surface area contributed by atoms with Crippen molar-refractivity contribution in [1.29, 1.82) is 0 Å². The number of hydrogen-bond acceptors (Lipinski definition) is 3. The molecule has 3 rings (SSSR count). The van der Waals surface area contributed by atoms with Gasteiger partial charge in [0.1, 0.15) is 5.01 Å². The van der Waals surface area contributed by atoms with Crippen LogP contribution in [0.2, 0.25) is 0 Å². The molecular formula is C19H24N2OS. The first-order chi connectivity index (χ1) is 11.1. The Morgan fingerprint density at radius 1 is 1.43 bits per heavy atom. The monoisotopic (exact) mass is 328 g/mol. The van der Waals surface area contributed by atoms with Gasteiger partial charge in [0.05, 0.1) is 5.69 Å². The highest BCUT2D eigenvalue weighted by atomic mass is 32.1. The Balaban J connectivity index is 1.58. The fourth-order valence-electron chi connectivity index (χ4n) is 3.14. The van der Waals surface area contributed by atoms with E-state index in [4.69, 9.17) is 4.98 Å². The zero-order chi connectivity index (χ0) is 16.2. The number of benzene rings is 1. The lowest BCUT2D eigenvalue weighted by Crippen LogP contribution is -2.39. The SMILES string of the molecule is Cc1cccc(-c2nc(CCC(=O)N3CCCC(C)C3)cs2)c1. The van der Waals surface area contributed by atoms with Crippen LogP contribution in [0.1, 0.15) is 37.4 Å². The minimum absolute atomic E-state index is 0.279. The van der Waals surface area contributed by atoms with Crippen molar-refractivity contribution in [3.05, 3.63) is 40.9 Å². The maximum absolute atomic E-state index is 12.3. The molecule has 1 aromatic carbocycles. The number of likely N-dealkylation sites (tertiary alicyclic amines) is 1. The lowest BCUT2D eigenvalue weighted by molar-refractivity contribution is -0.132. The van der Waals surface area contributed by atoms with Gasteiger partial charge in [0, 0.05) is 30.5 Å². The average Bonchev–Trinajstić information content (AvgIpc) is 3.01. The summed E-state index contributed by atoms with van der Waals surface area (Å²) in [5.41, 5.74) is 3.44. The van der Waals surface area contributed by atoms with E-state index in [1.807, 2.05) is 4.90 Å². The molecular weight excluding hydrogens is 304 g/mol. The largest absolute Gasteiger partial charge is 0.342 e. The number of piperidine rings is 1. The Morgan fingerprint density at radius 3 is 3.09 bits per heavy atom. The van der Waals surface area contributed by atoms with Gasteiger partial charge in [0.25, 0.3) is 0 Å². The van der Waals surface area contributed by atoms with Gasteiger partial charge in [-0.15, -0.1) is 11.3 Å². The molecule has 1 unspecified atom stereocenters. The van der Waals surface area contributed by atoms with Crippen LogP contribution in [0.15, 0.2) is 29.6 Å². The lowest BCUT2D eigenvalue weighted by Gasteiger charge is -2.31. The summed E-state index contributed by atoms with van der Waals surface area (Å²) in [4.78, 5) is 19.1. The zero-order valence-electron chi connectivity index (χ0n) is 13.9. The van der Waals surface area contributed by atoms with E-state index in [1.54, 1.807) is 11.3 Å². The molecule has 0 aliphatic carbocycles. The van der Waals surface area contributed by atoms with E-state index < -0.39 is 0 Å². The molecule has 3 nitrogen and oxygen atoms in total. The molecule has 4 heteroatoms. The van der Waals surface area contributed by atoms with Crippen molar-refractivity contribution in [3.63, 3.8) is 0 Å². The summed E-state index contributed by atoms with van der Waals surface area (Å²) >= 11 is 1.66. The average molecular weight is 328 g/mol. The molecule has 23 heavy (non-hydrogen) atoms. The van der Waals surface area contributed by atoms with Gasteiger partial charge in [0.15, 0.2) is 0 Å². The highest BCUT2D eigenvalue weighted by Crippen LogP contribution is 2.25. The highest BCUT2D eigenvalue weighted by molar-refractivity contribution is 7.13. The molecule has 2 aromatic rings. The van der Waals surface area contributed by atoms with E-state index in [-0.39, 0.29) is 5.91 Å². The maximum atomic E-state index is 12.3. The molecule has 0 saturated carbocycles. The molecule has 1 aliphatic rings. The van der Waals surface area contributed by atoms with Crippen LogP contribution in [0.25, 0.3) is 10.6 Å². The molecule has 1 aromatic heterocycles. The molecule has 1 fully saturated rings. The first-order valence-electron chi connectivity index (χ1n) is 8.41. The number of carbonyl (C=O) groups excluding carboxylic acids is 1. The number of nitrogens with zero attached hydrogens (tertiary/aromatic N) is 2. The van der Waals surface area contributed by atoms with Crippen molar-refractivity contribution in [3.8, 4) is 10.6 Å². The van der Waals surface area contributed by atoms with Gasteiger partial charge in [-0.2, -0.15) is 0 Å². The number of amides is 1. The number of aromatic nitrogens is 1. The van der Waals surface area contributed by atoms with Crippen molar-refractivity contribution in [2.45, 2.75) is 39.5 Å². The van der Waals surface area contributed by atoms with Crippen molar-refractivity contribution in [2.75, 3.05) is 13.1 Å². The minimum Gasteiger partial charge on any atom is -0.342 e. The first-order valence-corrected chi connectivity index (χ1v) is 9.29. The van der Waals surface area contributed by atoms with Crippen LogP contribution in [0.5, 0.6) is 0 Å². The smallest absolute Gasteiger partial charge is 0.222 e. The molecule has 0 spiro atoms. The van der Waals surface area contributed by atoms with Crippen molar-refractivity contribution in [2.24, 2.45) is 5.92 Å². The van der Waals surface area contributed by atoms with Crippen LogP contribution in [0, 0.1) is 12.8 Å². The molecule has 1 amide bonds. The Labute approximate surface area is 142 Å². The second-order valence-corrected chi connectivity index (χ2v) is 7.46. The minimum atomic E-state index is 0.279. The molecule has 2 heterocycles. The van der Waals surface area contributed by atoms with Gasteiger partial charge in [-0.1, -0.05) is 30.7 Å². The quantitative estimate of drug-likeness (QED) is 0.838. The predicted octanol–water partition coefficient (Wildman–Crippen LogP) is 4.31. The summed E-state index contributed by atoms with van der Waals surface area (Å²) in [5, 5.41) is 3.13. The maximum Gasteiger partial charge on any atom is 0.222 e. The molecule has 122 valence electrons. The van der Waals surface area contributed by atoms with E-state index >= 15 is 0 Å². The van der Waals surface area contributed by atoms with E-state index in [1.165, 1.54) is 12.0 Å². The van der Waals surface area contributed by atoms with Crippen molar-refractivity contribution >= 4 is 17.2 Å². The summed E-state index contributed by atoms with van der Waals surface area (Å²) < 4.78 is 0. The molecule has 1 aliphatic heterocycles. The van der Waals surface area contributed by atoms with Crippen LogP contribution < -0.4 is 0 Å². The number of hydrogen-bond donors (Lipinski definition) is 0. The van der Waals surface area contributed by atoms with E-state index in [9.17, 15) is 4.79 Å². The van der Waals surface area contributed by atoms with Gasteiger partial charge >= 0.3 is 0 Å². The molecule has 1 atom stereocenters. The fraction of sp³-hybridized carbons (Fsp3) is 0.474. The molecule has 0 bridgehead atoms. The van der Waals surface area contributed by atoms with Gasteiger partial charge in [-0.25, -0.2) is 4.98 Å². The lowest BCUT2D eigenvalue weighted by atomic mass is 10.00. The number of rotatable bonds is 4. The first kappa shape index (κ1) is 16.2. The number of aryl methyl sites for hydroxylation is 2. The molecule has 1 saturated heterocycles. The fourth-order valence-corrected chi connectivity index (χ4v) is 3.99. The Morgan fingerprint density at radius 2 is 2.30 bits per heavy atom. The molecule has 0 radical (unpaired) electrons. The predicted molar refractivity (Wildman–Crippen MR) is 95.6 cm³/mol. The standard InChI is InChI=1S/C19H24N2OS/c1-14-5-3-7-16(11-14)19-20-17(13-23-19)8-9-18(22)21-10-4-6-15(2)12-21/h3,5,7,11,13,15H,4,6,8-10,12H2,1-2H3. The third kappa shape index (κ3) is 4.20. The van der Waals surface area contributed by atoms with Crippen LogP contribution in [0.3, 0.4) is 0 Å². The van der Waals surface area contributed by atoms with Crippen LogP contribution >= 0.6 is 11.3 Å². The van der Waals surface area contributed by atoms with E-state index in [2.05, 4.69) is 43.5 Å². The summed E-state index contributed by atoms with van der Waals surface area (Å²) in [7, 11) is 0. The Hall–Kier alpha value is -1.68. The van der Waals surface area contributed by atoms with Crippen LogP contribution in [-0.2, 0) is 11.2 Å². The van der Waals surface area contributed by atoms with E-state index in [0.717, 1.165) is 42.2 Å². The highest BCUT2D eigenvalue weighted by Gasteiger charge is 2.20. The third-order valence-electron chi connectivity index (χ3n) is 4.42. The summed E-state index contributed by atoms with van der Waals surface area (Å²) in [6.45, 7) is 6.17. The second-order valence-electron chi connectivity index (χ2n) is 6.60. The van der Waals surface area contributed by atoms with Gasteiger partial charge < -0.3 is 4.90 Å².